The van der Waals surface area contributed by atoms with Crippen molar-refractivity contribution in [2.24, 2.45) is 0 Å². The van der Waals surface area contributed by atoms with Crippen LogP contribution in [0.2, 0.25) is 0 Å². The number of anilines is 1. The number of hydrogen-bond donors (Lipinski definition) is 1. The van der Waals surface area contributed by atoms with Gasteiger partial charge in [-0.25, -0.2) is 0 Å². The van der Waals surface area contributed by atoms with Crippen LogP contribution in [0.1, 0.15) is 19.3 Å². The molecule has 1 N–H and O–H groups in total. The highest BCUT2D eigenvalue weighted by Crippen LogP contribution is 2.34. The Hall–Kier alpha value is -1.53. The summed E-state index contributed by atoms with van der Waals surface area (Å²) < 4.78 is 5.48. The Balaban J connectivity index is 1.52. The number of amides is 2. The van der Waals surface area contributed by atoms with Gasteiger partial charge in [-0.2, -0.15) is 0 Å². The minimum atomic E-state index is -0.0287. The molecule has 22 heavy (non-hydrogen) atoms. The van der Waals surface area contributed by atoms with Crippen molar-refractivity contribution in [2.75, 3.05) is 30.3 Å². The summed E-state index contributed by atoms with van der Waals surface area (Å²) in [5.41, 5.74) is 0.913. The molecule has 0 saturated carbocycles. The summed E-state index contributed by atoms with van der Waals surface area (Å²) in [6.45, 7) is 1.78. The fourth-order valence-corrected chi connectivity index (χ4v) is 3.67. The Bertz CT molecular complexity index is 558. The van der Waals surface area contributed by atoms with Crippen LogP contribution in [-0.2, 0) is 14.3 Å². The third-order valence-electron chi connectivity index (χ3n) is 3.92. The summed E-state index contributed by atoms with van der Waals surface area (Å²) in [4.78, 5) is 26.9. The van der Waals surface area contributed by atoms with Crippen molar-refractivity contribution in [3.63, 3.8) is 0 Å². The maximum atomic E-state index is 12.1. The third kappa shape index (κ3) is 3.62. The van der Waals surface area contributed by atoms with Gasteiger partial charge in [0.2, 0.25) is 11.8 Å². The standard InChI is InChI=1S/C16H20N2O3S/c19-15(17-10-12-4-3-9-21-12)7-8-18-13-5-1-2-6-14(13)22-11-16(18)20/h1-2,5-6,12H,3-4,7-11H2,(H,17,19). The van der Waals surface area contributed by atoms with E-state index in [2.05, 4.69) is 5.32 Å². The summed E-state index contributed by atoms with van der Waals surface area (Å²) in [7, 11) is 0. The van der Waals surface area contributed by atoms with Crippen LogP contribution < -0.4 is 10.2 Å². The van der Waals surface area contributed by atoms with E-state index in [1.807, 2.05) is 24.3 Å². The first-order valence-corrected chi connectivity index (χ1v) is 8.63. The molecule has 6 heteroatoms. The van der Waals surface area contributed by atoms with Gasteiger partial charge < -0.3 is 15.0 Å². The van der Waals surface area contributed by atoms with E-state index >= 15 is 0 Å². The Morgan fingerprint density at radius 1 is 1.41 bits per heavy atom. The Labute approximate surface area is 134 Å². The predicted molar refractivity (Wildman–Crippen MR) is 86.1 cm³/mol. The van der Waals surface area contributed by atoms with E-state index in [1.54, 1.807) is 16.7 Å². The SMILES string of the molecule is O=C(CCN1C(=O)CSc2ccccc21)NCC1CCCO1. The number of rotatable bonds is 5. The maximum Gasteiger partial charge on any atom is 0.237 e. The number of thioether (sulfide) groups is 1. The molecule has 0 aliphatic carbocycles. The fraction of sp³-hybridized carbons (Fsp3) is 0.500. The molecule has 1 saturated heterocycles. The summed E-state index contributed by atoms with van der Waals surface area (Å²) in [5, 5.41) is 2.90. The molecule has 1 aromatic rings. The Morgan fingerprint density at radius 3 is 3.09 bits per heavy atom. The van der Waals surface area contributed by atoms with Crippen LogP contribution >= 0.6 is 11.8 Å². The van der Waals surface area contributed by atoms with Gasteiger partial charge >= 0.3 is 0 Å². The van der Waals surface area contributed by atoms with Crippen LogP contribution in [0.25, 0.3) is 0 Å². The molecule has 3 rings (SSSR count). The zero-order chi connectivity index (χ0) is 15.4. The zero-order valence-corrected chi connectivity index (χ0v) is 13.2. The smallest absolute Gasteiger partial charge is 0.237 e. The van der Waals surface area contributed by atoms with Crippen LogP contribution in [-0.4, -0.2) is 43.4 Å². The molecule has 2 amide bonds. The first-order valence-electron chi connectivity index (χ1n) is 7.64. The van der Waals surface area contributed by atoms with Gasteiger partial charge in [-0.05, 0) is 25.0 Å². The van der Waals surface area contributed by atoms with E-state index in [4.69, 9.17) is 4.74 Å². The lowest BCUT2D eigenvalue weighted by atomic mass is 10.2. The summed E-state index contributed by atoms with van der Waals surface area (Å²) in [6.07, 6.45) is 2.54. The van der Waals surface area contributed by atoms with Gasteiger partial charge in [0.25, 0.3) is 0 Å². The lowest BCUT2D eigenvalue weighted by Gasteiger charge is -2.28. The maximum absolute atomic E-state index is 12.1. The molecule has 1 fully saturated rings. The molecular formula is C16H20N2O3S. The lowest BCUT2D eigenvalue weighted by molar-refractivity contribution is -0.121. The minimum Gasteiger partial charge on any atom is -0.376 e. The van der Waals surface area contributed by atoms with Crippen molar-refractivity contribution in [1.29, 1.82) is 0 Å². The second kappa shape index (κ2) is 7.15. The normalized spacial score (nSPS) is 20.8. The molecular weight excluding hydrogens is 300 g/mol. The molecule has 0 bridgehead atoms. The molecule has 1 aromatic carbocycles. The predicted octanol–water partition coefficient (Wildman–Crippen LogP) is 1.81. The molecule has 1 atom stereocenters. The number of benzene rings is 1. The number of fused-ring (bicyclic) bond motifs is 1. The molecule has 2 heterocycles. The van der Waals surface area contributed by atoms with E-state index in [-0.39, 0.29) is 17.9 Å². The van der Waals surface area contributed by atoms with Gasteiger partial charge in [0.1, 0.15) is 0 Å². The zero-order valence-electron chi connectivity index (χ0n) is 12.4. The molecule has 0 radical (unpaired) electrons. The van der Waals surface area contributed by atoms with Crippen LogP contribution in [0.15, 0.2) is 29.2 Å². The first kappa shape index (κ1) is 15.4. The molecule has 2 aliphatic rings. The van der Waals surface area contributed by atoms with Gasteiger partial charge in [0, 0.05) is 31.0 Å². The third-order valence-corrected chi connectivity index (χ3v) is 4.97. The molecule has 0 aromatic heterocycles. The second-order valence-electron chi connectivity index (χ2n) is 5.49. The van der Waals surface area contributed by atoms with Gasteiger partial charge in [0.15, 0.2) is 0 Å². The number of nitrogens with one attached hydrogen (secondary N) is 1. The van der Waals surface area contributed by atoms with Crippen molar-refractivity contribution in [1.82, 2.24) is 5.32 Å². The number of hydrogen-bond acceptors (Lipinski definition) is 4. The van der Waals surface area contributed by atoms with Gasteiger partial charge in [-0.1, -0.05) is 12.1 Å². The van der Waals surface area contributed by atoms with Gasteiger partial charge in [0.05, 0.1) is 17.5 Å². The monoisotopic (exact) mass is 320 g/mol. The average molecular weight is 320 g/mol. The number of nitrogens with zero attached hydrogens (tertiary/aromatic N) is 1. The minimum absolute atomic E-state index is 0.0287. The van der Waals surface area contributed by atoms with Crippen molar-refractivity contribution in [3.8, 4) is 0 Å². The van der Waals surface area contributed by atoms with Gasteiger partial charge in [-0.15, -0.1) is 11.8 Å². The van der Waals surface area contributed by atoms with E-state index < -0.39 is 0 Å². The summed E-state index contributed by atoms with van der Waals surface area (Å²) >= 11 is 1.55. The van der Waals surface area contributed by atoms with E-state index in [9.17, 15) is 9.59 Å². The topological polar surface area (TPSA) is 58.6 Å². The molecule has 0 spiro atoms. The Kier molecular flexibility index (Phi) is 5.00. The van der Waals surface area contributed by atoms with E-state index in [0.29, 0.717) is 25.3 Å². The fourth-order valence-electron chi connectivity index (χ4n) is 2.73. The van der Waals surface area contributed by atoms with E-state index in [1.165, 1.54) is 0 Å². The second-order valence-corrected chi connectivity index (χ2v) is 6.51. The van der Waals surface area contributed by atoms with Crippen molar-refractivity contribution >= 4 is 29.3 Å². The Morgan fingerprint density at radius 2 is 2.27 bits per heavy atom. The van der Waals surface area contributed by atoms with Crippen molar-refractivity contribution in [2.45, 2.75) is 30.3 Å². The number of carbonyl (C=O) groups is 2. The van der Waals surface area contributed by atoms with Crippen molar-refractivity contribution < 1.29 is 14.3 Å². The van der Waals surface area contributed by atoms with Gasteiger partial charge in [-0.3, -0.25) is 9.59 Å². The molecule has 1 unspecified atom stereocenters. The highest BCUT2D eigenvalue weighted by Gasteiger charge is 2.24. The van der Waals surface area contributed by atoms with Crippen LogP contribution in [0.3, 0.4) is 0 Å². The lowest BCUT2D eigenvalue weighted by Crippen LogP contribution is -2.39. The van der Waals surface area contributed by atoms with E-state index in [0.717, 1.165) is 30.0 Å². The highest BCUT2D eigenvalue weighted by atomic mass is 32.2. The summed E-state index contributed by atoms with van der Waals surface area (Å²) in [6, 6.07) is 7.83. The molecule has 118 valence electrons. The largest absolute Gasteiger partial charge is 0.376 e. The average Bonchev–Trinajstić information content (AvgIpc) is 3.05. The number of carbonyl (C=O) groups excluding carboxylic acids is 2. The quantitative estimate of drug-likeness (QED) is 0.899. The van der Waals surface area contributed by atoms with Crippen LogP contribution in [0.5, 0.6) is 0 Å². The van der Waals surface area contributed by atoms with Crippen molar-refractivity contribution in [3.05, 3.63) is 24.3 Å². The van der Waals surface area contributed by atoms with Crippen LogP contribution in [0, 0.1) is 0 Å². The highest BCUT2D eigenvalue weighted by molar-refractivity contribution is 8.00. The number of para-hydroxylation sites is 1. The first-order chi connectivity index (χ1) is 10.7. The number of ether oxygens (including phenoxy) is 1. The molecule has 5 nitrogen and oxygen atoms in total. The molecule has 2 aliphatic heterocycles. The van der Waals surface area contributed by atoms with Crippen LogP contribution in [0.4, 0.5) is 5.69 Å². The summed E-state index contributed by atoms with van der Waals surface area (Å²) in [5.74, 6) is 0.476.